The summed E-state index contributed by atoms with van der Waals surface area (Å²) in [6.07, 6.45) is 3.42. The Kier molecular flexibility index (Phi) is 6.07. The van der Waals surface area contributed by atoms with E-state index in [0.29, 0.717) is 5.71 Å². The second kappa shape index (κ2) is 6.02. The van der Waals surface area contributed by atoms with Crippen LogP contribution in [0.1, 0.15) is 31.7 Å². The zero-order valence-corrected chi connectivity index (χ0v) is 12.0. The summed E-state index contributed by atoms with van der Waals surface area (Å²) in [5.41, 5.74) is 1.83. The molecule has 1 saturated carbocycles. The molecular weight excluding hydrogens is 262 g/mol. The van der Waals surface area contributed by atoms with Crippen molar-refractivity contribution < 1.29 is 17.0 Å². The van der Waals surface area contributed by atoms with Crippen molar-refractivity contribution in [1.82, 2.24) is 0 Å². The van der Waals surface area contributed by atoms with Gasteiger partial charge in [-0.15, -0.1) is 0 Å². The van der Waals surface area contributed by atoms with E-state index in [1.165, 1.54) is 12.0 Å². The molecule has 0 unspecified atom stereocenters. The molecule has 0 spiro atoms. The topological polar surface area (TPSA) is 22.3 Å². The second-order valence-corrected chi connectivity index (χ2v) is 3.89. The minimum Gasteiger partial charge on any atom is -1.00 e. The largest absolute Gasteiger partial charge is 2.00 e. The molecule has 0 N–H and O–H groups in total. The van der Waals surface area contributed by atoms with Crippen molar-refractivity contribution in [2.24, 2.45) is 0 Å². The molecule has 0 saturated heterocycles. The van der Waals surface area contributed by atoms with Gasteiger partial charge in [0.2, 0.25) is 0 Å². The number of nitrogens with zero attached hydrogens (tertiary/aromatic N) is 1. The van der Waals surface area contributed by atoms with E-state index in [1.54, 1.807) is 0 Å². The van der Waals surface area contributed by atoms with Gasteiger partial charge in [0.15, 0.2) is 0 Å². The molecule has 0 amide bonds. The molecule has 3 heteroatoms. The Morgan fingerprint density at radius 1 is 1.20 bits per heavy atom. The normalized spacial score (nSPS) is 16.6. The molecule has 0 radical (unpaired) electrons. The van der Waals surface area contributed by atoms with Gasteiger partial charge in [0.25, 0.3) is 0 Å². The van der Waals surface area contributed by atoms with Crippen LogP contribution in [-0.2, 0) is 5.41 Å². The summed E-state index contributed by atoms with van der Waals surface area (Å²) in [4.78, 5) is 0. The van der Waals surface area contributed by atoms with Crippen LogP contribution < -0.4 is 17.0 Å². The van der Waals surface area contributed by atoms with E-state index < -0.39 is 0 Å². The number of benzene rings is 1. The molecule has 1 aliphatic rings. The Hall–Kier alpha value is 0.136. The van der Waals surface area contributed by atoms with Crippen LogP contribution in [0.3, 0.4) is 0 Å². The third-order valence-electron chi connectivity index (χ3n) is 3.23. The standard InChI is InChI=1S/C12H14N.BrH.Mg/c1-10(13)12(8-5-9-12)11-6-3-2-4-7-11;;/h2-4,6-7H,5,8-9H2,1H3;1H;/q-1;;+2/p-1. The molecule has 0 bridgehead atoms. The van der Waals surface area contributed by atoms with Gasteiger partial charge in [-0.2, -0.15) is 5.71 Å². The molecule has 1 aliphatic carbocycles. The van der Waals surface area contributed by atoms with Gasteiger partial charge in [0, 0.05) is 0 Å². The third kappa shape index (κ3) is 2.63. The van der Waals surface area contributed by atoms with Crippen LogP contribution in [0.25, 0.3) is 5.41 Å². The average molecular weight is 276 g/mol. The maximum absolute atomic E-state index is 9.69. The molecule has 1 nitrogen and oxygen atoms in total. The molecule has 2 rings (SSSR count). The van der Waals surface area contributed by atoms with Crippen molar-refractivity contribution in [2.45, 2.75) is 31.6 Å². The first-order valence-corrected chi connectivity index (χ1v) is 4.84. The minimum atomic E-state index is -0.0126. The van der Waals surface area contributed by atoms with Gasteiger partial charge < -0.3 is 22.4 Å². The molecule has 0 atom stereocenters. The molecule has 0 aliphatic heterocycles. The van der Waals surface area contributed by atoms with Crippen LogP contribution in [0.4, 0.5) is 0 Å². The summed E-state index contributed by atoms with van der Waals surface area (Å²) in [6.45, 7) is 1.83. The summed E-state index contributed by atoms with van der Waals surface area (Å²) in [6, 6.07) is 10.3. The van der Waals surface area contributed by atoms with E-state index in [0.717, 1.165) is 12.8 Å². The van der Waals surface area contributed by atoms with Crippen molar-refractivity contribution in [3.8, 4) is 0 Å². The molecule has 76 valence electrons. The third-order valence-corrected chi connectivity index (χ3v) is 3.23. The van der Waals surface area contributed by atoms with Crippen molar-refractivity contribution in [1.29, 1.82) is 0 Å². The number of halogens is 1. The Balaban J connectivity index is 0.000000980. The number of hydrogen-bond acceptors (Lipinski definition) is 0. The number of hydrogen-bond donors (Lipinski definition) is 0. The quantitative estimate of drug-likeness (QED) is 0.526. The number of rotatable bonds is 2. The minimum absolute atomic E-state index is 0. The molecule has 0 aromatic heterocycles. The van der Waals surface area contributed by atoms with Gasteiger partial charge in [-0.25, -0.2) is 0 Å². The monoisotopic (exact) mass is 275 g/mol. The van der Waals surface area contributed by atoms with Crippen LogP contribution in [-0.4, -0.2) is 28.8 Å². The molecular formula is C12H14BrMgN. The van der Waals surface area contributed by atoms with Crippen LogP contribution >= 0.6 is 0 Å². The van der Waals surface area contributed by atoms with Gasteiger partial charge in [0.1, 0.15) is 0 Å². The van der Waals surface area contributed by atoms with Crippen molar-refractivity contribution in [2.75, 3.05) is 0 Å². The molecule has 15 heavy (non-hydrogen) atoms. The van der Waals surface area contributed by atoms with Gasteiger partial charge in [0.05, 0.1) is 0 Å². The van der Waals surface area contributed by atoms with E-state index in [9.17, 15) is 5.41 Å². The van der Waals surface area contributed by atoms with Crippen LogP contribution in [0, 0.1) is 0 Å². The molecule has 1 fully saturated rings. The van der Waals surface area contributed by atoms with E-state index in [4.69, 9.17) is 0 Å². The van der Waals surface area contributed by atoms with E-state index >= 15 is 0 Å². The Bertz CT molecular complexity index is 320. The summed E-state index contributed by atoms with van der Waals surface area (Å²) >= 11 is 0. The van der Waals surface area contributed by atoms with Crippen molar-refractivity contribution in [3.05, 3.63) is 41.3 Å². The first kappa shape index (κ1) is 15.1. The van der Waals surface area contributed by atoms with Crippen molar-refractivity contribution >= 4 is 28.8 Å². The zero-order valence-electron chi connectivity index (χ0n) is 9.04. The summed E-state index contributed by atoms with van der Waals surface area (Å²) in [5.74, 6) is 0. The maximum atomic E-state index is 9.69. The predicted octanol–water partition coefficient (Wildman–Crippen LogP) is -0.238. The van der Waals surface area contributed by atoms with Gasteiger partial charge in [-0.05, 0) is 23.8 Å². The van der Waals surface area contributed by atoms with Crippen LogP contribution in [0.2, 0.25) is 0 Å². The Labute approximate surface area is 118 Å². The first-order valence-electron chi connectivity index (χ1n) is 4.84. The van der Waals surface area contributed by atoms with E-state index in [2.05, 4.69) is 12.1 Å². The maximum Gasteiger partial charge on any atom is 2.00 e. The SMILES string of the molecule is CC(=[N-])C1(c2ccccc2)CCC1.[Br-].[Mg+2]. The van der Waals surface area contributed by atoms with E-state index in [1.807, 2.05) is 25.1 Å². The smallest absolute Gasteiger partial charge is 1.00 e. The van der Waals surface area contributed by atoms with Gasteiger partial charge >= 0.3 is 23.1 Å². The summed E-state index contributed by atoms with van der Waals surface area (Å²) in [7, 11) is 0. The summed E-state index contributed by atoms with van der Waals surface area (Å²) in [5, 5.41) is 9.69. The molecule has 1 aromatic carbocycles. The Morgan fingerprint density at radius 3 is 2.07 bits per heavy atom. The fraction of sp³-hybridized carbons (Fsp3) is 0.417. The fourth-order valence-corrected chi connectivity index (χ4v) is 2.15. The first-order chi connectivity index (χ1) is 6.26. The average Bonchev–Trinajstić information content (AvgIpc) is 2.03. The predicted molar refractivity (Wildman–Crippen MR) is 61.8 cm³/mol. The van der Waals surface area contributed by atoms with Gasteiger partial charge in [-0.3, -0.25) is 0 Å². The second-order valence-electron chi connectivity index (χ2n) is 3.89. The zero-order chi connectivity index (χ0) is 9.31. The Morgan fingerprint density at radius 2 is 1.73 bits per heavy atom. The van der Waals surface area contributed by atoms with Crippen molar-refractivity contribution in [3.63, 3.8) is 0 Å². The molecule has 1 aromatic rings. The fourth-order valence-electron chi connectivity index (χ4n) is 2.15. The van der Waals surface area contributed by atoms with Crippen LogP contribution in [0.15, 0.2) is 30.3 Å². The van der Waals surface area contributed by atoms with Gasteiger partial charge in [-0.1, -0.05) is 43.7 Å². The van der Waals surface area contributed by atoms with E-state index in [-0.39, 0.29) is 45.4 Å². The van der Waals surface area contributed by atoms with Crippen LogP contribution in [0.5, 0.6) is 0 Å². The summed E-state index contributed by atoms with van der Waals surface area (Å²) < 4.78 is 0. The molecule has 0 heterocycles.